The van der Waals surface area contributed by atoms with E-state index in [-0.39, 0.29) is 0 Å². The van der Waals surface area contributed by atoms with Crippen LogP contribution in [0.2, 0.25) is 0 Å². The zero-order valence-corrected chi connectivity index (χ0v) is 6.37. The minimum atomic E-state index is -4.50. The largest absolute Gasteiger partial charge is 0.394 e. The molecule has 0 N–H and O–H groups in total. The van der Waals surface area contributed by atoms with E-state index in [4.69, 9.17) is 0 Å². The number of alkyl halides is 4. The van der Waals surface area contributed by atoms with Crippen molar-refractivity contribution in [2.24, 2.45) is 5.92 Å². The van der Waals surface area contributed by atoms with Crippen molar-refractivity contribution in [3.63, 3.8) is 0 Å². The molecule has 0 amide bonds. The maximum absolute atomic E-state index is 12.9. The molecule has 0 aliphatic heterocycles. The van der Waals surface area contributed by atoms with Gasteiger partial charge in [0, 0.05) is 0 Å². The van der Waals surface area contributed by atoms with Crippen LogP contribution in [0.3, 0.4) is 0 Å². The van der Waals surface area contributed by atoms with Crippen LogP contribution in [0.25, 0.3) is 0 Å². The number of hydrogen-bond donors (Lipinski definition) is 0. The van der Waals surface area contributed by atoms with Crippen molar-refractivity contribution in [1.82, 2.24) is 0 Å². The highest BCUT2D eigenvalue weighted by atomic mass is 19.4. The molecule has 2 atom stereocenters. The molecule has 0 rings (SSSR count). The summed E-state index contributed by atoms with van der Waals surface area (Å²) < 4.78 is 48.4. The van der Waals surface area contributed by atoms with Gasteiger partial charge in [0.05, 0.1) is 5.92 Å². The lowest BCUT2D eigenvalue weighted by atomic mass is 9.92. The van der Waals surface area contributed by atoms with E-state index in [1.54, 1.807) is 0 Å². The molecule has 0 fully saturated rings. The third kappa shape index (κ3) is 2.52. The van der Waals surface area contributed by atoms with Gasteiger partial charge in [-0.05, 0) is 6.92 Å². The smallest absolute Gasteiger partial charge is 0.239 e. The van der Waals surface area contributed by atoms with Crippen molar-refractivity contribution < 1.29 is 17.6 Å². The molecule has 0 aromatic carbocycles. The molecular formula is C7H10F4. The molecule has 66 valence electrons. The van der Waals surface area contributed by atoms with E-state index in [0.29, 0.717) is 6.08 Å². The van der Waals surface area contributed by atoms with Gasteiger partial charge in [0.25, 0.3) is 0 Å². The lowest BCUT2D eigenvalue weighted by molar-refractivity contribution is -0.194. The highest BCUT2D eigenvalue weighted by molar-refractivity contribution is 4.98. The van der Waals surface area contributed by atoms with Crippen LogP contribution in [-0.4, -0.2) is 11.8 Å². The van der Waals surface area contributed by atoms with Gasteiger partial charge in [-0.2, -0.15) is 13.2 Å². The second kappa shape index (κ2) is 2.83. The molecule has 0 saturated heterocycles. The normalized spacial score (nSPS) is 20.5. The molecule has 11 heavy (non-hydrogen) atoms. The Labute approximate surface area is 62.9 Å². The molecule has 4 heteroatoms. The molecule has 0 saturated carbocycles. The van der Waals surface area contributed by atoms with Crippen LogP contribution in [0, 0.1) is 5.92 Å². The molecule has 0 aliphatic carbocycles. The van der Waals surface area contributed by atoms with E-state index in [1.807, 2.05) is 0 Å². The minimum absolute atomic E-state index is 0.672. The topological polar surface area (TPSA) is 0 Å². The number of hydrogen-bond acceptors (Lipinski definition) is 0. The van der Waals surface area contributed by atoms with Crippen LogP contribution < -0.4 is 0 Å². The van der Waals surface area contributed by atoms with Crippen LogP contribution in [0.4, 0.5) is 17.6 Å². The molecule has 2 unspecified atom stereocenters. The Bertz CT molecular complexity index is 145. The highest BCUT2D eigenvalue weighted by Crippen LogP contribution is 2.36. The van der Waals surface area contributed by atoms with Crippen LogP contribution in [0.1, 0.15) is 13.8 Å². The summed E-state index contributed by atoms with van der Waals surface area (Å²) in [7, 11) is 0. The third-order valence-electron chi connectivity index (χ3n) is 1.74. The zero-order chi connectivity index (χ0) is 9.28. The van der Waals surface area contributed by atoms with Crippen LogP contribution in [0.15, 0.2) is 12.7 Å². The van der Waals surface area contributed by atoms with Gasteiger partial charge < -0.3 is 0 Å². The fraction of sp³-hybridized carbons (Fsp3) is 0.714. The van der Waals surface area contributed by atoms with Crippen molar-refractivity contribution in [1.29, 1.82) is 0 Å². The summed E-state index contributed by atoms with van der Waals surface area (Å²) >= 11 is 0. The molecule has 0 heterocycles. The summed E-state index contributed by atoms with van der Waals surface area (Å²) in [4.78, 5) is 0. The Morgan fingerprint density at radius 2 is 1.64 bits per heavy atom. The van der Waals surface area contributed by atoms with Gasteiger partial charge in [0.15, 0.2) is 0 Å². The van der Waals surface area contributed by atoms with E-state index in [2.05, 4.69) is 6.58 Å². The Morgan fingerprint density at radius 3 is 1.73 bits per heavy atom. The molecule has 0 bridgehead atoms. The molecule has 0 radical (unpaired) electrons. The van der Waals surface area contributed by atoms with Gasteiger partial charge in [0.2, 0.25) is 0 Å². The van der Waals surface area contributed by atoms with E-state index < -0.39 is 17.8 Å². The average Bonchev–Trinajstić information content (AvgIpc) is 1.84. The van der Waals surface area contributed by atoms with Gasteiger partial charge >= 0.3 is 6.18 Å². The second-order valence-corrected chi connectivity index (χ2v) is 2.62. The first-order chi connectivity index (χ1) is 4.72. The first-order valence-corrected chi connectivity index (χ1v) is 3.11. The molecule has 0 aromatic rings. The first kappa shape index (κ1) is 10.5. The Morgan fingerprint density at radius 1 is 1.27 bits per heavy atom. The molecular weight excluding hydrogens is 160 g/mol. The summed E-state index contributed by atoms with van der Waals surface area (Å²) in [6.45, 7) is 4.64. The van der Waals surface area contributed by atoms with Crippen molar-refractivity contribution in [2.75, 3.05) is 0 Å². The Balaban J connectivity index is 4.48. The fourth-order valence-corrected chi connectivity index (χ4v) is 0.497. The van der Waals surface area contributed by atoms with Crippen molar-refractivity contribution >= 4 is 0 Å². The summed E-state index contributed by atoms with van der Waals surface area (Å²) in [6, 6.07) is 0. The van der Waals surface area contributed by atoms with Crippen molar-refractivity contribution in [3.05, 3.63) is 12.7 Å². The molecule has 0 aliphatic rings. The lowest BCUT2D eigenvalue weighted by Crippen LogP contribution is -2.36. The first-order valence-electron chi connectivity index (χ1n) is 3.11. The summed E-state index contributed by atoms with van der Waals surface area (Å²) in [5.41, 5.74) is -2.38. The Kier molecular flexibility index (Phi) is 2.69. The quantitative estimate of drug-likeness (QED) is 0.441. The number of rotatable bonds is 2. The predicted molar refractivity (Wildman–Crippen MR) is 34.9 cm³/mol. The monoisotopic (exact) mass is 170 g/mol. The maximum Gasteiger partial charge on any atom is 0.394 e. The second-order valence-electron chi connectivity index (χ2n) is 2.62. The average molecular weight is 170 g/mol. The number of halogens is 4. The van der Waals surface area contributed by atoms with Gasteiger partial charge in [-0.25, -0.2) is 4.39 Å². The van der Waals surface area contributed by atoms with Crippen LogP contribution >= 0.6 is 0 Å². The third-order valence-corrected chi connectivity index (χ3v) is 1.74. The van der Waals surface area contributed by atoms with Gasteiger partial charge in [0.1, 0.15) is 5.67 Å². The highest BCUT2D eigenvalue weighted by Gasteiger charge is 2.47. The van der Waals surface area contributed by atoms with Gasteiger partial charge in [-0.15, -0.1) is 0 Å². The van der Waals surface area contributed by atoms with E-state index in [9.17, 15) is 17.6 Å². The standard InChI is InChI=1S/C7H10F4/c1-4-6(3,8)5(2)7(9,10)11/h4-5H,1H2,2-3H3. The van der Waals surface area contributed by atoms with Gasteiger partial charge in [-0.3, -0.25) is 0 Å². The van der Waals surface area contributed by atoms with E-state index >= 15 is 0 Å². The maximum atomic E-state index is 12.9. The summed E-state index contributed by atoms with van der Waals surface area (Å²) in [5, 5.41) is 0. The van der Waals surface area contributed by atoms with Gasteiger partial charge in [-0.1, -0.05) is 19.6 Å². The zero-order valence-electron chi connectivity index (χ0n) is 6.37. The molecule has 0 spiro atoms. The molecule has 0 nitrogen and oxygen atoms in total. The van der Waals surface area contributed by atoms with Crippen LogP contribution in [-0.2, 0) is 0 Å². The summed E-state index contributed by atoms with van der Waals surface area (Å²) in [6.07, 6.45) is -3.83. The minimum Gasteiger partial charge on any atom is -0.239 e. The fourth-order valence-electron chi connectivity index (χ4n) is 0.497. The van der Waals surface area contributed by atoms with E-state index in [0.717, 1.165) is 13.8 Å². The van der Waals surface area contributed by atoms with Crippen LogP contribution in [0.5, 0.6) is 0 Å². The Hall–Kier alpha value is -0.540. The SMILES string of the molecule is C=CC(C)(F)C(C)C(F)(F)F. The van der Waals surface area contributed by atoms with Crippen molar-refractivity contribution in [3.8, 4) is 0 Å². The van der Waals surface area contributed by atoms with E-state index in [1.165, 1.54) is 0 Å². The molecule has 0 aromatic heterocycles. The number of allylic oxidation sites excluding steroid dienone is 1. The summed E-state index contributed by atoms with van der Waals surface area (Å²) in [5.74, 6) is -2.01. The lowest BCUT2D eigenvalue weighted by Gasteiger charge is -2.25. The predicted octanol–water partition coefficient (Wildman–Crippen LogP) is 3.10. The van der Waals surface area contributed by atoms with Crippen molar-refractivity contribution in [2.45, 2.75) is 25.7 Å².